The maximum Gasteiger partial charge on any atom is 0.151 e. The second kappa shape index (κ2) is 6.37. The first kappa shape index (κ1) is 16.9. The largest absolute Gasteiger partial charge is 0.506 e. The van der Waals surface area contributed by atoms with E-state index < -0.39 is 0 Å². The van der Waals surface area contributed by atoms with Crippen LogP contribution in [0.3, 0.4) is 0 Å². The molecule has 0 aliphatic carbocycles. The summed E-state index contributed by atoms with van der Waals surface area (Å²) in [6.07, 6.45) is 0. The van der Waals surface area contributed by atoms with Gasteiger partial charge in [0.2, 0.25) is 0 Å². The molecule has 0 aromatic heterocycles. The molecule has 2 aromatic rings. The topological polar surface area (TPSA) is 49.7 Å². The van der Waals surface area contributed by atoms with Crippen LogP contribution in [0.25, 0.3) is 0 Å². The third-order valence-corrected chi connectivity index (χ3v) is 5.07. The monoisotopic (exact) mass is 406 g/mol. The van der Waals surface area contributed by atoms with Crippen molar-refractivity contribution in [3.8, 4) is 23.0 Å². The molecule has 0 saturated heterocycles. The number of benzene rings is 2. The Kier molecular flexibility index (Phi) is 5.14. The lowest BCUT2D eigenvalue weighted by molar-refractivity contribution is 0.447. The molecule has 3 nitrogen and oxygen atoms in total. The summed E-state index contributed by atoms with van der Waals surface area (Å²) in [6.45, 7) is 0. The molecule has 21 heavy (non-hydrogen) atoms. The minimum atomic E-state index is -0.332. The third kappa shape index (κ3) is 3.19. The Morgan fingerprint density at radius 3 is 1.24 bits per heavy atom. The first-order valence-corrected chi connectivity index (χ1v) is 7.41. The van der Waals surface area contributed by atoms with E-state index in [-0.39, 0.29) is 53.1 Å². The van der Waals surface area contributed by atoms with E-state index in [9.17, 15) is 10.2 Å². The van der Waals surface area contributed by atoms with E-state index in [0.29, 0.717) is 0 Å². The van der Waals surface area contributed by atoms with Crippen molar-refractivity contribution in [3.63, 3.8) is 0 Å². The van der Waals surface area contributed by atoms with Gasteiger partial charge < -0.3 is 14.9 Å². The molecule has 9 heteroatoms. The Labute approximate surface area is 149 Å². The number of phenolic OH excluding ortho intramolecular Hbond substituents is 2. The SMILES string of the molecule is Oc1cc(Oc2cc(O)c(Cl)c(Cl)c2Cl)c(Cl)c(Cl)c1Cl. The van der Waals surface area contributed by atoms with Crippen LogP contribution in [0.5, 0.6) is 23.0 Å². The summed E-state index contributed by atoms with van der Waals surface area (Å²) in [4.78, 5) is 0. The predicted molar refractivity (Wildman–Crippen MR) is 86.3 cm³/mol. The lowest BCUT2D eigenvalue weighted by Gasteiger charge is -2.13. The Bertz CT molecular complexity index is 670. The molecule has 0 aliphatic rings. The highest BCUT2D eigenvalue weighted by molar-refractivity contribution is 6.50. The number of aromatic hydroxyl groups is 2. The molecule has 0 unspecified atom stereocenters. The van der Waals surface area contributed by atoms with Crippen molar-refractivity contribution in [1.29, 1.82) is 0 Å². The Morgan fingerprint density at radius 1 is 0.571 bits per heavy atom. The van der Waals surface area contributed by atoms with Gasteiger partial charge in [-0.15, -0.1) is 0 Å². The highest BCUT2D eigenvalue weighted by atomic mass is 35.5. The van der Waals surface area contributed by atoms with Crippen molar-refractivity contribution >= 4 is 69.6 Å². The normalized spacial score (nSPS) is 10.8. The molecule has 0 amide bonds. The van der Waals surface area contributed by atoms with E-state index >= 15 is 0 Å². The van der Waals surface area contributed by atoms with Gasteiger partial charge in [0, 0.05) is 12.1 Å². The molecule has 0 bridgehead atoms. The summed E-state index contributed by atoms with van der Waals surface area (Å²) in [7, 11) is 0. The summed E-state index contributed by atoms with van der Waals surface area (Å²) in [5.74, 6) is -0.713. The van der Waals surface area contributed by atoms with E-state index in [1.807, 2.05) is 0 Å². The van der Waals surface area contributed by atoms with Gasteiger partial charge in [-0.2, -0.15) is 0 Å². The van der Waals surface area contributed by atoms with Crippen LogP contribution in [0.2, 0.25) is 30.1 Å². The molecule has 2 rings (SSSR count). The summed E-state index contributed by atoms with van der Waals surface area (Å²) in [5, 5.41) is 18.8. The molecule has 0 spiro atoms. The zero-order valence-electron chi connectivity index (χ0n) is 9.73. The number of hydrogen-bond donors (Lipinski definition) is 2. The van der Waals surface area contributed by atoms with Crippen molar-refractivity contribution in [3.05, 3.63) is 42.3 Å². The highest BCUT2D eigenvalue weighted by Crippen LogP contribution is 2.48. The maximum absolute atomic E-state index is 9.62. The van der Waals surface area contributed by atoms with Gasteiger partial charge in [-0.25, -0.2) is 0 Å². The second-order valence-electron chi connectivity index (χ2n) is 3.77. The van der Waals surface area contributed by atoms with Gasteiger partial charge in [-0.1, -0.05) is 69.6 Å². The molecular weight excluding hydrogens is 405 g/mol. The molecule has 0 aliphatic heterocycles. The number of rotatable bonds is 2. The molecule has 0 heterocycles. The van der Waals surface area contributed by atoms with Gasteiger partial charge in [0.25, 0.3) is 0 Å². The molecular formula is C12H4Cl6O3. The lowest BCUT2D eigenvalue weighted by Crippen LogP contribution is -1.89. The molecule has 0 radical (unpaired) electrons. The molecule has 0 fully saturated rings. The van der Waals surface area contributed by atoms with Gasteiger partial charge in [-0.05, 0) is 0 Å². The van der Waals surface area contributed by atoms with Gasteiger partial charge >= 0.3 is 0 Å². The molecule has 0 saturated carbocycles. The van der Waals surface area contributed by atoms with Crippen LogP contribution in [0, 0.1) is 0 Å². The van der Waals surface area contributed by atoms with E-state index in [1.165, 1.54) is 0 Å². The number of ether oxygens (including phenoxy) is 1. The average Bonchev–Trinajstić information content (AvgIpc) is 2.45. The van der Waals surface area contributed by atoms with Gasteiger partial charge in [-0.3, -0.25) is 0 Å². The summed E-state index contributed by atoms with van der Waals surface area (Å²) < 4.78 is 5.40. The fourth-order valence-corrected chi connectivity index (χ4v) is 2.55. The smallest absolute Gasteiger partial charge is 0.151 e. The maximum atomic E-state index is 9.62. The zero-order valence-corrected chi connectivity index (χ0v) is 14.3. The Balaban J connectivity index is 2.54. The van der Waals surface area contributed by atoms with Gasteiger partial charge in [0.05, 0.1) is 10.0 Å². The Hall–Kier alpha value is -0.420. The van der Waals surface area contributed by atoms with E-state index in [0.717, 1.165) is 12.1 Å². The van der Waals surface area contributed by atoms with Crippen LogP contribution < -0.4 is 4.74 Å². The highest BCUT2D eigenvalue weighted by Gasteiger charge is 2.19. The number of halogens is 6. The van der Waals surface area contributed by atoms with Crippen LogP contribution in [-0.2, 0) is 0 Å². The van der Waals surface area contributed by atoms with Gasteiger partial charge in [0.1, 0.15) is 31.6 Å². The summed E-state index contributed by atoms with van der Waals surface area (Å²) in [6, 6.07) is 2.29. The van der Waals surface area contributed by atoms with Crippen LogP contribution in [0.15, 0.2) is 12.1 Å². The Morgan fingerprint density at radius 2 is 0.905 bits per heavy atom. The molecule has 0 atom stereocenters. The van der Waals surface area contributed by atoms with Crippen LogP contribution in [-0.4, -0.2) is 10.2 Å². The van der Waals surface area contributed by atoms with Crippen LogP contribution >= 0.6 is 69.6 Å². The third-order valence-electron chi connectivity index (χ3n) is 2.41. The number of hydrogen-bond acceptors (Lipinski definition) is 3. The summed E-state index contributed by atoms with van der Waals surface area (Å²) >= 11 is 35.1. The molecule has 112 valence electrons. The first-order valence-electron chi connectivity index (χ1n) is 5.14. The standard InChI is InChI=1S/C12H4Cl6O3/c13-7-3(19)1-5(9(15)11(7)17)21-6-2-4(20)8(14)12(18)10(6)16/h1-2,19-20H. The zero-order chi connectivity index (χ0) is 15.9. The minimum Gasteiger partial charge on any atom is -0.506 e. The van der Waals surface area contributed by atoms with Crippen LogP contribution in [0.1, 0.15) is 0 Å². The van der Waals surface area contributed by atoms with Crippen LogP contribution in [0.4, 0.5) is 0 Å². The fourth-order valence-electron chi connectivity index (χ4n) is 1.40. The number of phenols is 2. The minimum absolute atomic E-state index is 0.0248. The van der Waals surface area contributed by atoms with E-state index in [1.54, 1.807) is 0 Å². The van der Waals surface area contributed by atoms with E-state index in [4.69, 9.17) is 74.3 Å². The average molecular weight is 409 g/mol. The quantitative estimate of drug-likeness (QED) is 0.536. The van der Waals surface area contributed by atoms with Crippen molar-refractivity contribution in [2.24, 2.45) is 0 Å². The van der Waals surface area contributed by atoms with Crippen molar-refractivity contribution < 1.29 is 14.9 Å². The predicted octanol–water partition coefficient (Wildman–Crippen LogP) is 6.81. The fraction of sp³-hybridized carbons (Fsp3) is 0. The van der Waals surface area contributed by atoms with Crippen molar-refractivity contribution in [2.45, 2.75) is 0 Å². The van der Waals surface area contributed by atoms with Crippen molar-refractivity contribution in [1.82, 2.24) is 0 Å². The molecule has 2 N–H and O–H groups in total. The summed E-state index contributed by atoms with van der Waals surface area (Å²) in [5.41, 5.74) is 0. The van der Waals surface area contributed by atoms with Gasteiger partial charge in [0.15, 0.2) is 11.5 Å². The second-order valence-corrected chi connectivity index (χ2v) is 6.04. The van der Waals surface area contributed by atoms with Crippen molar-refractivity contribution in [2.75, 3.05) is 0 Å². The van der Waals surface area contributed by atoms with E-state index in [2.05, 4.69) is 0 Å². The lowest BCUT2D eigenvalue weighted by atomic mass is 10.3. The first-order chi connectivity index (χ1) is 9.73. The molecule has 2 aromatic carbocycles.